The molecule has 0 aromatic carbocycles. The SMILES string of the molecule is CCC.N=C/C=C\N. The van der Waals surface area contributed by atoms with E-state index in [-0.39, 0.29) is 0 Å². The minimum atomic E-state index is 1.12. The minimum Gasteiger partial charge on any atom is -0.405 e. The Labute approximate surface area is 50.9 Å². The van der Waals surface area contributed by atoms with Gasteiger partial charge in [0.15, 0.2) is 0 Å². The highest BCUT2D eigenvalue weighted by Crippen LogP contribution is 1.56. The minimum absolute atomic E-state index is 1.12. The standard InChI is InChI=1S/C3H6N2.C3H8/c4-2-1-3-5;1-3-2/h1-4H,5H2;3H2,1-2H3/b3-1-,4-2?;. The van der Waals surface area contributed by atoms with Crippen molar-refractivity contribution in [2.75, 3.05) is 0 Å². The lowest BCUT2D eigenvalue weighted by molar-refractivity contribution is 1.09. The van der Waals surface area contributed by atoms with Crippen LogP contribution in [-0.2, 0) is 0 Å². The predicted molar refractivity (Wildman–Crippen MR) is 38.1 cm³/mol. The van der Waals surface area contributed by atoms with E-state index in [1.54, 1.807) is 0 Å². The zero-order valence-electron chi connectivity index (χ0n) is 5.52. The second-order valence-electron chi connectivity index (χ2n) is 1.26. The molecule has 0 amide bonds. The number of rotatable bonds is 1. The number of hydrogen-bond donors (Lipinski definition) is 2. The number of allylic oxidation sites excluding steroid dienone is 1. The highest BCUT2D eigenvalue weighted by molar-refractivity contribution is 5.67. The maximum atomic E-state index is 6.31. The smallest absolute Gasteiger partial charge is 0.0192 e. The topological polar surface area (TPSA) is 49.9 Å². The quantitative estimate of drug-likeness (QED) is 0.499. The highest BCUT2D eigenvalue weighted by atomic mass is 14.5. The Kier molecular flexibility index (Phi) is 20.9. The van der Waals surface area contributed by atoms with Crippen molar-refractivity contribution in [2.45, 2.75) is 20.3 Å². The average molecular weight is 114 g/mol. The Morgan fingerprint density at radius 1 is 1.50 bits per heavy atom. The first-order chi connectivity index (χ1) is 3.83. The second-order valence-corrected chi connectivity index (χ2v) is 1.26. The lowest BCUT2D eigenvalue weighted by Crippen LogP contribution is -1.73. The summed E-state index contributed by atoms with van der Waals surface area (Å²) >= 11 is 0. The summed E-state index contributed by atoms with van der Waals surface area (Å²) in [7, 11) is 0. The molecular weight excluding hydrogens is 100 g/mol. The van der Waals surface area contributed by atoms with E-state index in [1.165, 1.54) is 18.7 Å². The van der Waals surface area contributed by atoms with E-state index in [0.29, 0.717) is 0 Å². The molecule has 0 aliphatic carbocycles. The molecule has 0 radical (unpaired) electrons. The summed E-state index contributed by atoms with van der Waals surface area (Å²) in [6.45, 7) is 4.25. The van der Waals surface area contributed by atoms with E-state index in [1.807, 2.05) is 0 Å². The van der Waals surface area contributed by atoms with Crippen molar-refractivity contribution < 1.29 is 0 Å². The van der Waals surface area contributed by atoms with Crippen LogP contribution in [-0.4, -0.2) is 6.21 Å². The van der Waals surface area contributed by atoms with E-state index in [4.69, 9.17) is 11.1 Å². The lowest BCUT2D eigenvalue weighted by Gasteiger charge is -1.57. The molecule has 0 bridgehead atoms. The van der Waals surface area contributed by atoms with E-state index in [0.717, 1.165) is 6.21 Å². The van der Waals surface area contributed by atoms with Gasteiger partial charge in [-0.1, -0.05) is 20.3 Å². The Hall–Kier alpha value is -0.790. The molecule has 0 unspecified atom stereocenters. The highest BCUT2D eigenvalue weighted by Gasteiger charge is 1.43. The Morgan fingerprint density at radius 2 is 1.88 bits per heavy atom. The average Bonchev–Trinajstić information content (AvgIpc) is 1.71. The monoisotopic (exact) mass is 114 g/mol. The van der Waals surface area contributed by atoms with Crippen LogP contribution in [0.2, 0.25) is 0 Å². The van der Waals surface area contributed by atoms with Crippen LogP contribution in [0.25, 0.3) is 0 Å². The molecule has 0 saturated heterocycles. The molecule has 0 rings (SSSR count). The summed E-state index contributed by atoms with van der Waals surface area (Å²) in [4.78, 5) is 0. The molecule has 0 saturated carbocycles. The molecule has 0 aliphatic heterocycles. The van der Waals surface area contributed by atoms with Crippen molar-refractivity contribution in [3.05, 3.63) is 12.3 Å². The Bertz CT molecular complexity index is 57.5. The van der Waals surface area contributed by atoms with Crippen molar-refractivity contribution in [1.82, 2.24) is 0 Å². The van der Waals surface area contributed by atoms with Gasteiger partial charge in [-0.05, 0) is 12.3 Å². The lowest BCUT2D eigenvalue weighted by atomic mass is 10.6. The van der Waals surface area contributed by atoms with Gasteiger partial charge in [-0.3, -0.25) is 0 Å². The maximum Gasteiger partial charge on any atom is 0.0192 e. The molecule has 0 heterocycles. The van der Waals surface area contributed by atoms with E-state index >= 15 is 0 Å². The fourth-order valence-electron chi connectivity index (χ4n) is 0.0556. The van der Waals surface area contributed by atoms with Crippen molar-refractivity contribution in [1.29, 1.82) is 5.41 Å². The molecule has 2 nitrogen and oxygen atoms in total. The molecule has 48 valence electrons. The maximum absolute atomic E-state index is 6.31. The summed E-state index contributed by atoms with van der Waals surface area (Å²) in [6, 6.07) is 0. The van der Waals surface area contributed by atoms with Gasteiger partial charge in [-0.25, -0.2) is 0 Å². The summed E-state index contributed by atoms with van der Waals surface area (Å²) in [5, 5.41) is 6.31. The van der Waals surface area contributed by atoms with Gasteiger partial charge in [0.2, 0.25) is 0 Å². The van der Waals surface area contributed by atoms with E-state index < -0.39 is 0 Å². The van der Waals surface area contributed by atoms with Gasteiger partial charge in [-0.2, -0.15) is 0 Å². The normalized spacial score (nSPS) is 7.75. The summed E-state index contributed by atoms with van der Waals surface area (Å²) in [5.74, 6) is 0. The number of nitrogens with two attached hydrogens (primary N) is 1. The molecule has 8 heavy (non-hydrogen) atoms. The Balaban J connectivity index is 0. The fourth-order valence-corrected chi connectivity index (χ4v) is 0.0556. The van der Waals surface area contributed by atoms with E-state index in [9.17, 15) is 0 Å². The summed E-state index contributed by atoms with van der Waals surface area (Å²) in [5.41, 5.74) is 4.81. The molecule has 3 N–H and O–H groups in total. The molecule has 0 aromatic rings. The third-order valence-electron chi connectivity index (χ3n) is 0.207. The van der Waals surface area contributed by atoms with Crippen LogP contribution in [0.3, 0.4) is 0 Å². The van der Waals surface area contributed by atoms with Crippen molar-refractivity contribution in [3.8, 4) is 0 Å². The van der Waals surface area contributed by atoms with Crippen LogP contribution in [0.4, 0.5) is 0 Å². The van der Waals surface area contributed by atoms with Gasteiger partial charge in [0, 0.05) is 6.21 Å². The van der Waals surface area contributed by atoms with Gasteiger partial charge in [0.25, 0.3) is 0 Å². The van der Waals surface area contributed by atoms with Crippen LogP contribution in [0.1, 0.15) is 20.3 Å². The summed E-state index contributed by atoms with van der Waals surface area (Å²) < 4.78 is 0. The number of nitrogens with one attached hydrogen (secondary N) is 1. The van der Waals surface area contributed by atoms with Crippen molar-refractivity contribution in [2.24, 2.45) is 5.73 Å². The Morgan fingerprint density at radius 3 is 1.88 bits per heavy atom. The third-order valence-corrected chi connectivity index (χ3v) is 0.207. The van der Waals surface area contributed by atoms with Crippen LogP contribution in [0.15, 0.2) is 12.3 Å². The van der Waals surface area contributed by atoms with Gasteiger partial charge >= 0.3 is 0 Å². The van der Waals surface area contributed by atoms with E-state index in [2.05, 4.69) is 13.8 Å². The van der Waals surface area contributed by atoms with Crippen LogP contribution < -0.4 is 5.73 Å². The zero-order valence-corrected chi connectivity index (χ0v) is 5.52. The molecule has 2 heteroatoms. The van der Waals surface area contributed by atoms with Crippen molar-refractivity contribution >= 4 is 6.21 Å². The molecule has 0 aromatic heterocycles. The van der Waals surface area contributed by atoms with Crippen LogP contribution >= 0.6 is 0 Å². The van der Waals surface area contributed by atoms with Gasteiger partial charge in [0.1, 0.15) is 0 Å². The van der Waals surface area contributed by atoms with Crippen molar-refractivity contribution in [3.63, 3.8) is 0 Å². The molecular formula is C6H14N2. The largest absolute Gasteiger partial charge is 0.405 e. The molecule has 0 spiro atoms. The molecule has 0 aliphatic rings. The van der Waals surface area contributed by atoms with Gasteiger partial charge in [-0.15, -0.1) is 0 Å². The van der Waals surface area contributed by atoms with Crippen LogP contribution in [0, 0.1) is 5.41 Å². The van der Waals surface area contributed by atoms with Gasteiger partial charge in [0.05, 0.1) is 0 Å². The second kappa shape index (κ2) is 16.4. The zero-order chi connectivity index (χ0) is 6.83. The molecule has 0 fully saturated rings. The first-order valence-corrected chi connectivity index (χ1v) is 2.70. The molecule has 0 atom stereocenters. The first-order valence-electron chi connectivity index (χ1n) is 2.70. The fraction of sp³-hybridized carbons (Fsp3) is 0.500. The summed E-state index contributed by atoms with van der Waals surface area (Å²) in [6.07, 6.45) is 5.13. The predicted octanol–water partition coefficient (Wildman–Crippen LogP) is 1.52. The number of hydrogen-bond acceptors (Lipinski definition) is 2. The first kappa shape index (κ1) is 10.2. The third kappa shape index (κ3) is 63.1. The van der Waals surface area contributed by atoms with Gasteiger partial charge < -0.3 is 11.1 Å². The van der Waals surface area contributed by atoms with Crippen LogP contribution in [0.5, 0.6) is 0 Å².